The summed E-state index contributed by atoms with van der Waals surface area (Å²) >= 11 is 6.14. The molecule has 0 bridgehead atoms. The summed E-state index contributed by atoms with van der Waals surface area (Å²) in [6, 6.07) is 18.9. The first kappa shape index (κ1) is 20.7. The molecule has 0 aliphatic carbocycles. The van der Waals surface area contributed by atoms with Gasteiger partial charge in [0.05, 0.1) is 0 Å². The molecule has 0 saturated heterocycles. The molecule has 9 heteroatoms. The van der Waals surface area contributed by atoms with E-state index >= 15 is 0 Å². The first-order valence-corrected chi connectivity index (χ1v) is 10.8. The van der Waals surface area contributed by atoms with Crippen LogP contribution in [-0.2, 0) is 14.8 Å². The van der Waals surface area contributed by atoms with Crippen molar-refractivity contribution in [3.8, 4) is 16.9 Å². The second-order valence-electron chi connectivity index (χ2n) is 6.71. The molecule has 0 saturated carbocycles. The number of benzene rings is 3. The number of hydrogen-bond acceptors (Lipinski definition) is 4. The molecule has 2 N–H and O–H groups in total. The quantitative estimate of drug-likeness (QED) is 0.591. The van der Waals surface area contributed by atoms with Crippen LogP contribution in [-0.4, -0.2) is 15.0 Å². The molecule has 0 spiro atoms. The summed E-state index contributed by atoms with van der Waals surface area (Å²) in [4.78, 5) is 0. The average Bonchev–Trinajstić information content (AvgIpc) is 2.70. The summed E-state index contributed by atoms with van der Waals surface area (Å²) in [5.41, 5.74) is 0.832. The minimum Gasteiger partial charge on any atom is -0.480 e. The van der Waals surface area contributed by atoms with Gasteiger partial charge in [0, 0.05) is 16.1 Å². The van der Waals surface area contributed by atoms with Gasteiger partial charge in [-0.2, -0.15) is 8.78 Å². The lowest BCUT2D eigenvalue weighted by molar-refractivity contribution is -0.142. The monoisotopic (exact) mass is 451 g/mol. The average molecular weight is 452 g/mol. The molecule has 3 aromatic rings. The molecule has 156 valence electrons. The number of para-hydroxylation sites is 1. The van der Waals surface area contributed by atoms with Crippen LogP contribution in [0.3, 0.4) is 0 Å². The summed E-state index contributed by atoms with van der Waals surface area (Å²) in [7, 11) is -4.45. The van der Waals surface area contributed by atoms with Gasteiger partial charge in [0.15, 0.2) is 0 Å². The number of alkyl halides is 2. The lowest BCUT2D eigenvalue weighted by Crippen LogP contribution is -2.26. The Balaban J connectivity index is 1.90. The van der Waals surface area contributed by atoms with Gasteiger partial charge < -0.3 is 4.74 Å². The van der Waals surface area contributed by atoms with Crippen LogP contribution in [0, 0.1) is 0 Å². The molecular weight excluding hydrogens is 436 g/mol. The topological polar surface area (TPSA) is 78.6 Å². The Kier molecular flexibility index (Phi) is 5.50. The van der Waals surface area contributed by atoms with Crippen LogP contribution in [0.1, 0.15) is 28.2 Å². The number of sulfonamides is 1. The second-order valence-corrected chi connectivity index (χ2v) is 8.76. The number of fused-ring (bicyclic) bond motifs is 3. The van der Waals surface area contributed by atoms with Gasteiger partial charge in [-0.3, -0.25) is 4.74 Å². The van der Waals surface area contributed by atoms with E-state index in [2.05, 4.69) is 4.74 Å². The predicted molar refractivity (Wildman–Crippen MR) is 109 cm³/mol. The van der Waals surface area contributed by atoms with Crippen LogP contribution in [0.15, 0.2) is 66.7 Å². The van der Waals surface area contributed by atoms with Gasteiger partial charge in [0.25, 0.3) is 0 Å². The Morgan fingerprint density at radius 1 is 1.00 bits per heavy atom. The molecule has 1 aliphatic heterocycles. The summed E-state index contributed by atoms with van der Waals surface area (Å²) in [5.74, 6) is 0.634. The number of halogens is 3. The zero-order valence-corrected chi connectivity index (χ0v) is 16.9. The fraction of sp³-hybridized carbons (Fsp3) is 0.143. The van der Waals surface area contributed by atoms with Gasteiger partial charge in [-0.15, -0.1) is 0 Å². The first-order chi connectivity index (χ1) is 14.2. The van der Waals surface area contributed by atoms with Crippen molar-refractivity contribution in [2.45, 2.75) is 18.2 Å². The van der Waals surface area contributed by atoms with Crippen LogP contribution in [0.2, 0.25) is 5.02 Å². The first-order valence-electron chi connectivity index (χ1n) is 8.84. The zero-order valence-electron chi connectivity index (χ0n) is 15.3. The highest BCUT2D eigenvalue weighted by Crippen LogP contribution is 2.46. The molecule has 0 fully saturated rings. The van der Waals surface area contributed by atoms with Crippen LogP contribution in [0.25, 0.3) is 11.1 Å². The Hall–Kier alpha value is -2.52. The normalized spacial score (nSPS) is 16.5. The Bertz CT molecular complexity index is 1200. The van der Waals surface area contributed by atoms with Crippen LogP contribution < -0.4 is 9.88 Å². The lowest BCUT2D eigenvalue weighted by Gasteiger charge is -2.30. The highest BCUT2D eigenvalue weighted by Gasteiger charge is 2.32. The van der Waals surface area contributed by atoms with Crippen molar-refractivity contribution in [2.75, 3.05) is 0 Å². The Morgan fingerprint density at radius 2 is 1.77 bits per heavy atom. The van der Waals surface area contributed by atoms with Crippen molar-refractivity contribution in [3.63, 3.8) is 0 Å². The molecule has 0 radical (unpaired) electrons. The fourth-order valence-electron chi connectivity index (χ4n) is 3.53. The molecule has 3 aromatic carbocycles. The van der Waals surface area contributed by atoms with Crippen molar-refractivity contribution in [1.29, 1.82) is 0 Å². The van der Waals surface area contributed by atoms with E-state index in [1.165, 1.54) is 12.1 Å². The van der Waals surface area contributed by atoms with E-state index in [0.717, 1.165) is 16.7 Å². The third-order valence-corrected chi connectivity index (χ3v) is 5.94. The third-order valence-electron chi connectivity index (χ3n) is 4.73. The van der Waals surface area contributed by atoms with Gasteiger partial charge in [0.1, 0.15) is 11.9 Å². The lowest BCUT2D eigenvalue weighted by atomic mass is 9.88. The molecule has 0 amide bonds. The van der Waals surface area contributed by atoms with Gasteiger partial charge in [0.2, 0.25) is 15.5 Å². The zero-order chi connectivity index (χ0) is 21.5. The van der Waals surface area contributed by atoms with Crippen molar-refractivity contribution >= 4 is 21.6 Å². The molecule has 1 aliphatic rings. The molecule has 1 heterocycles. The van der Waals surface area contributed by atoms with Crippen LogP contribution in [0.5, 0.6) is 5.75 Å². The van der Waals surface area contributed by atoms with Crippen molar-refractivity contribution in [3.05, 3.63) is 88.4 Å². The highest BCUT2D eigenvalue weighted by molar-refractivity contribution is 7.89. The number of rotatable bonds is 5. The van der Waals surface area contributed by atoms with E-state index in [-0.39, 0.29) is 5.56 Å². The summed E-state index contributed by atoms with van der Waals surface area (Å²) < 4.78 is 60.0. The molecular formula is C21H16ClF2NO4S. The van der Waals surface area contributed by atoms with Crippen LogP contribution in [0.4, 0.5) is 8.78 Å². The second kappa shape index (κ2) is 7.96. The van der Waals surface area contributed by atoms with Gasteiger partial charge in [-0.05, 0) is 41.0 Å². The summed E-state index contributed by atoms with van der Waals surface area (Å²) in [5, 5.41) is 5.64. The maximum Gasteiger partial charge on any atom is 0.346 e. The van der Waals surface area contributed by atoms with Crippen molar-refractivity contribution in [2.24, 2.45) is 5.14 Å². The van der Waals surface area contributed by atoms with E-state index in [0.29, 0.717) is 16.3 Å². The number of ether oxygens (including phenoxy) is 2. The standard InChI is InChI=1S/C21H16ClF2NO4S/c22-14-5-3-4-12(10-14)19-17-11-13(20(29-21(23)24)30(25,26)27)8-9-15(17)16-6-1-2-7-18(16)28-19/h1-11,19-21H,(H2,25,26,27). The maximum absolute atomic E-state index is 12.8. The molecule has 2 atom stereocenters. The SMILES string of the molecule is NS(=O)(=O)C(OC(F)F)c1ccc2c(c1)C(c1cccc(Cl)c1)Oc1ccccc1-2. The van der Waals surface area contributed by atoms with E-state index in [4.69, 9.17) is 21.5 Å². The van der Waals surface area contributed by atoms with E-state index in [9.17, 15) is 17.2 Å². The van der Waals surface area contributed by atoms with Crippen LogP contribution >= 0.6 is 11.6 Å². The van der Waals surface area contributed by atoms with Crippen molar-refractivity contribution in [1.82, 2.24) is 0 Å². The Labute approximate surface area is 177 Å². The molecule has 4 rings (SSSR count). The third kappa shape index (κ3) is 4.04. The fourth-order valence-corrected chi connectivity index (χ4v) is 4.49. The van der Waals surface area contributed by atoms with E-state index < -0.39 is 28.2 Å². The number of primary sulfonamides is 1. The highest BCUT2D eigenvalue weighted by atomic mass is 35.5. The predicted octanol–water partition coefficient (Wildman–Crippen LogP) is 5.02. The number of hydrogen-bond donors (Lipinski definition) is 1. The Morgan fingerprint density at radius 3 is 2.47 bits per heavy atom. The smallest absolute Gasteiger partial charge is 0.346 e. The number of nitrogens with two attached hydrogens (primary N) is 1. The molecule has 5 nitrogen and oxygen atoms in total. The molecule has 30 heavy (non-hydrogen) atoms. The molecule has 0 aromatic heterocycles. The summed E-state index contributed by atoms with van der Waals surface area (Å²) in [6.45, 7) is -3.31. The minimum absolute atomic E-state index is 0.0217. The summed E-state index contributed by atoms with van der Waals surface area (Å²) in [6.07, 6.45) is -0.638. The van der Waals surface area contributed by atoms with Gasteiger partial charge in [-0.25, -0.2) is 13.6 Å². The van der Waals surface area contributed by atoms with Gasteiger partial charge in [-0.1, -0.05) is 54.1 Å². The largest absolute Gasteiger partial charge is 0.480 e. The van der Waals surface area contributed by atoms with E-state index in [1.54, 1.807) is 24.3 Å². The minimum atomic E-state index is -4.45. The van der Waals surface area contributed by atoms with Gasteiger partial charge >= 0.3 is 6.61 Å². The van der Waals surface area contributed by atoms with Crippen molar-refractivity contribution < 1.29 is 26.7 Å². The maximum atomic E-state index is 12.8. The van der Waals surface area contributed by atoms with E-state index in [1.807, 2.05) is 30.3 Å². The molecule has 2 unspecified atom stereocenters.